The zero-order valence-electron chi connectivity index (χ0n) is 11.1. The summed E-state index contributed by atoms with van der Waals surface area (Å²) < 4.78 is 10.3. The van der Waals surface area contributed by atoms with Gasteiger partial charge in [0.15, 0.2) is 0 Å². The molecule has 1 aromatic heterocycles. The van der Waals surface area contributed by atoms with Crippen molar-refractivity contribution in [2.45, 2.75) is 40.2 Å². The molecule has 1 aromatic rings. The van der Waals surface area contributed by atoms with Gasteiger partial charge in [0.2, 0.25) is 0 Å². The van der Waals surface area contributed by atoms with Crippen molar-refractivity contribution in [1.82, 2.24) is 4.98 Å². The smallest absolute Gasteiger partial charge is 0.355 e. The molecule has 0 bridgehead atoms. The number of unbranched alkanes of at least 4 members (excludes halogenated alkanes) is 1. The first-order valence-corrected chi connectivity index (χ1v) is 5.95. The highest BCUT2D eigenvalue weighted by Crippen LogP contribution is 2.19. The first-order valence-electron chi connectivity index (χ1n) is 5.95. The number of rotatable bonds is 6. The largest absolute Gasteiger partial charge is 0.461 e. The molecule has 1 heterocycles. The van der Waals surface area contributed by atoms with Crippen LogP contribution in [0.15, 0.2) is 0 Å². The predicted molar refractivity (Wildman–Crippen MR) is 66.2 cm³/mol. The monoisotopic (exact) mass is 239 g/mol. The van der Waals surface area contributed by atoms with E-state index in [4.69, 9.17) is 9.47 Å². The lowest BCUT2D eigenvalue weighted by Crippen LogP contribution is -2.08. The summed E-state index contributed by atoms with van der Waals surface area (Å²) in [5.41, 5.74) is 3.47. The van der Waals surface area contributed by atoms with Crippen molar-refractivity contribution in [2.75, 3.05) is 13.7 Å². The van der Waals surface area contributed by atoms with Crippen molar-refractivity contribution in [3.63, 3.8) is 0 Å². The standard InChI is InChI=1S/C13H21NO3/c1-5-6-7-17-13(15)12-9(2)11(8-16-4)10(3)14-12/h14H,5-8H2,1-4H3. The Morgan fingerprint density at radius 2 is 2.06 bits per heavy atom. The summed E-state index contributed by atoms with van der Waals surface area (Å²) in [5.74, 6) is -0.276. The summed E-state index contributed by atoms with van der Waals surface area (Å²) in [6, 6.07) is 0. The molecular weight excluding hydrogens is 218 g/mol. The third-order valence-corrected chi connectivity index (χ3v) is 2.82. The van der Waals surface area contributed by atoms with Crippen molar-refractivity contribution in [2.24, 2.45) is 0 Å². The number of esters is 1. The number of nitrogens with one attached hydrogen (secondary N) is 1. The molecular formula is C13H21NO3. The summed E-state index contributed by atoms with van der Waals surface area (Å²) in [6.45, 7) is 6.90. The van der Waals surface area contributed by atoms with Crippen LogP contribution >= 0.6 is 0 Å². The van der Waals surface area contributed by atoms with Crippen LogP contribution in [0.3, 0.4) is 0 Å². The van der Waals surface area contributed by atoms with Crippen LogP contribution in [0.1, 0.15) is 47.1 Å². The maximum absolute atomic E-state index is 11.8. The van der Waals surface area contributed by atoms with Crippen molar-refractivity contribution in [3.05, 3.63) is 22.5 Å². The number of methoxy groups -OCH3 is 1. The maximum atomic E-state index is 11.8. The zero-order valence-corrected chi connectivity index (χ0v) is 11.1. The van der Waals surface area contributed by atoms with Gasteiger partial charge in [-0.2, -0.15) is 0 Å². The molecule has 4 nitrogen and oxygen atoms in total. The van der Waals surface area contributed by atoms with Gasteiger partial charge in [-0.3, -0.25) is 0 Å². The van der Waals surface area contributed by atoms with E-state index in [1.54, 1.807) is 7.11 Å². The van der Waals surface area contributed by atoms with Gasteiger partial charge in [0.1, 0.15) is 5.69 Å². The minimum Gasteiger partial charge on any atom is -0.461 e. The third-order valence-electron chi connectivity index (χ3n) is 2.82. The number of ether oxygens (including phenoxy) is 2. The highest BCUT2D eigenvalue weighted by atomic mass is 16.5. The third kappa shape index (κ3) is 3.33. The average molecular weight is 239 g/mol. The Balaban J connectivity index is 2.77. The van der Waals surface area contributed by atoms with Gasteiger partial charge in [-0.15, -0.1) is 0 Å². The van der Waals surface area contributed by atoms with Crippen molar-refractivity contribution in [3.8, 4) is 0 Å². The quantitative estimate of drug-likeness (QED) is 0.613. The van der Waals surface area contributed by atoms with Crippen LogP contribution in [-0.2, 0) is 16.1 Å². The molecule has 4 heteroatoms. The van der Waals surface area contributed by atoms with Gasteiger partial charge >= 0.3 is 5.97 Å². The summed E-state index contributed by atoms with van der Waals surface area (Å²) in [6.07, 6.45) is 1.92. The molecule has 96 valence electrons. The molecule has 0 aliphatic carbocycles. The average Bonchev–Trinajstić information content (AvgIpc) is 2.58. The van der Waals surface area contributed by atoms with Gasteiger partial charge in [-0.1, -0.05) is 13.3 Å². The molecule has 0 unspecified atom stereocenters. The first-order chi connectivity index (χ1) is 8.11. The number of aryl methyl sites for hydroxylation is 1. The van der Waals surface area contributed by atoms with Gasteiger partial charge < -0.3 is 14.5 Å². The Morgan fingerprint density at radius 3 is 2.65 bits per heavy atom. The molecule has 0 aromatic carbocycles. The molecule has 0 aliphatic rings. The van der Waals surface area contributed by atoms with Gasteiger partial charge in [-0.25, -0.2) is 4.79 Å². The molecule has 1 N–H and O–H groups in total. The summed E-state index contributed by atoms with van der Waals surface area (Å²) in [5, 5.41) is 0. The van der Waals surface area contributed by atoms with Crippen LogP contribution in [0.5, 0.6) is 0 Å². The van der Waals surface area contributed by atoms with E-state index >= 15 is 0 Å². The van der Waals surface area contributed by atoms with Crippen molar-refractivity contribution < 1.29 is 14.3 Å². The summed E-state index contributed by atoms with van der Waals surface area (Å²) in [7, 11) is 1.64. The molecule has 0 spiro atoms. The molecule has 0 radical (unpaired) electrons. The fourth-order valence-electron chi connectivity index (χ4n) is 1.74. The predicted octanol–water partition coefficient (Wildman–Crippen LogP) is 2.73. The molecule has 17 heavy (non-hydrogen) atoms. The van der Waals surface area contributed by atoms with Gasteiger partial charge in [0.05, 0.1) is 13.2 Å². The molecule has 0 amide bonds. The van der Waals surface area contributed by atoms with E-state index in [9.17, 15) is 4.79 Å². The number of aromatic amines is 1. The van der Waals surface area contributed by atoms with Crippen LogP contribution in [0.2, 0.25) is 0 Å². The van der Waals surface area contributed by atoms with Crippen LogP contribution in [0, 0.1) is 13.8 Å². The molecule has 1 rings (SSSR count). The first kappa shape index (κ1) is 13.8. The molecule has 0 fully saturated rings. The van der Waals surface area contributed by atoms with Gasteiger partial charge in [0, 0.05) is 18.4 Å². The normalized spacial score (nSPS) is 10.6. The second-order valence-electron chi connectivity index (χ2n) is 4.15. The molecule has 0 atom stereocenters. The van der Waals surface area contributed by atoms with E-state index < -0.39 is 0 Å². The van der Waals surface area contributed by atoms with Crippen LogP contribution in [0.25, 0.3) is 0 Å². The molecule has 0 saturated carbocycles. The Bertz CT molecular complexity index is 382. The molecule has 0 saturated heterocycles. The number of carbonyl (C=O) groups excluding carboxylic acids is 1. The fourth-order valence-corrected chi connectivity index (χ4v) is 1.74. The Hall–Kier alpha value is -1.29. The lowest BCUT2D eigenvalue weighted by Gasteiger charge is -2.03. The Labute approximate surface area is 102 Å². The lowest BCUT2D eigenvalue weighted by atomic mass is 10.1. The van der Waals surface area contributed by atoms with Crippen LogP contribution in [-0.4, -0.2) is 24.7 Å². The van der Waals surface area contributed by atoms with E-state index in [-0.39, 0.29) is 5.97 Å². The zero-order chi connectivity index (χ0) is 12.8. The van der Waals surface area contributed by atoms with Gasteiger partial charge in [-0.05, 0) is 25.8 Å². The van der Waals surface area contributed by atoms with Crippen molar-refractivity contribution >= 4 is 5.97 Å². The summed E-state index contributed by atoms with van der Waals surface area (Å²) in [4.78, 5) is 14.9. The topological polar surface area (TPSA) is 51.3 Å². The minimum atomic E-state index is -0.276. The van der Waals surface area contributed by atoms with E-state index in [2.05, 4.69) is 11.9 Å². The number of carbonyl (C=O) groups is 1. The number of hydrogen-bond acceptors (Lipinski definition) is 3. The van der Waals surface area contributed by atoms with Crippen LogP contribution < -0.4 is 0 Å². The van der Waals surface area contributed by atoms with Crippen molar-refractivity contribution in [1.29, 1.82) is 0 Å². The van der Waals surface area contributed by atoms with E-state index in [0.29, 0.717) is 18.9 Å². The van der Waals surface area contributed by atoms with E-state index in [0.717, 1.165) is 29.7 Å². The van der Waals surface area contributed by atoms with Gasteiger partial charge in [0.25, 0.3) is 0 Å². The SMILES string of the molecule is CCCCOC(=O)c1[nH]c(C)c(COC)c1C. The Kier molecular flexibility index (Phi) is 5.22. The van der Waals surface area contributed by atoms with Crippen LogP contribution in [0.4, 0.5) is 0 Å². The number of aromatic nitrogens is 1. The maximum Gasteiger partial charge on any atom is 0.355 e. The number of H-pyrrole nitrogens is 1. The number of hydrogen-bond donors (Lipinski definition) is 1. The molecule has 0 aliphatic heterocycles. The van der Waals surface area contributed by atoms with E-state index in [1.165, 1.54) is 0 Å². The second kappa shape index (κ2) is 6.45. The highest BCUT2D eigenvalue weighted by Gasteiger charge is 2.17. The van der Waals surface area contributed by atoms with E-state index in [1.807, 2.05) is 13.8 Å². The fraction of sp³-hybridized carbons (Fsp3) is 0.615. The summed E-state index contributed by atoms with van der Waals surface area (Å²) >= 11 is 0. The second-order valence-corrected chi connectivity index (χ2v) is 4.15. The minimum absolute atomic E-state index is 0.276. The Morgan fingerprint density at radius 1 is 1.35 bits per heavy atom. The lowest BCUT2D eigenvalue weighted by molar-refractivity contribution is 0.0492. The highest BCUT2D eigenvalue weighted by molar-refractivity contribution is 5.89.